The highest BCUT2D eigenvalue weighted by molar-refractivity contribution is 6.32. The molecule has 3 rings (SSSR count). The Morgan fingerprint density at radius 3 is 2.97 bits per heavy atom. The summed E-state index contributed by atoms with van der Waals surface area (Å²) in [6.07, 6.45) is 2.75. The Bertz CT molecular complexity index is 872. The second-order valence-electron chi connectivity index (χ2n) is 6.96. The molecule has 1 saturated heterocycles. The molecular weight excluding hydrogens is 388 g/mol. The van der Waals surface area contributed by atoms with E-state index >= 15 is 0 Å². The van der Waals surface area contributed by atoms with Crippen molar-refractivity contribution in [2.75, 3.05) is 29.9 Å². The van der Waals surface area contributed by atoms with E-state index in [0.717, 1.165) is 49.1 Å². The summed E-state index contributed by atoms with van der Waals surface area (Å²) >= 11 is 6.28. The maximum atomic E-state index is 11.2. The summed E-state index contributed by atoms with van der Waals surface area (Å²) in [6.45, 7) is 6.56. The molecule has 0 aliphatic carbocycles. The minimum absolute atomic E-state index is 0.0838. The number of halogens is 1. The number of rotatable bonds is 6. The van der Waals surface area contributed by atoms with Gasteiger partial charge in [-0.2, -0.15) is 0 Å². The van der Waals surface area contributed by atoms with Gasteiger partial charge in [-0.1, -0.05) is 23.7 Å². The predicted octanol–water partition coefficient (Wildman–Crippen LogP) is 3.03. The van der Waals surface area contributed by atoms with Crippen molar-refractivity contribution in [3.63, 3.8) is 0 Å². The quantitative estimate of drug-likeness (QED) is 0.500. The van der Waals surface area contributed by atoms with Crippen LogP contribution in [0, 0.1) is 0 Å². The fraction of sp³-hybridized carbons (Fsp3) is 0.381. The molecule has 2 aromatic rings. The monoisotopic (exact) mass is 414 g/mol. The molecule has 29 heavy (non-hydrogen) atoms. The highest BCUT2D eigenvalue weighted by atomic mass is 35.5. The van der Waals surface area contributed by atoms with Gasteiger partial charge in [0.15, 0.2) is 5.96 Å². The third-order valence-electron chi connectivity index (χ3n) is 4.58. The van der Waals surface area contributed by atoms with Crippen molar-refractivity contribution in [1.29, 1.82) is 0 Å². The van der Waals surface area contributed by atoms with Crippen LogP contribution in [-0.4, -0.2) is 42.5 Å². The lowest BCUT2D eigenvalue weighted by Gasteiger charge is -2.20. The number of carbonyl (C=O) groups excluding carboxylic acids is 1. The lowest BCUT2D eigenvalue weighted by Crippen LogP contribution is -2.44. The van der Waals surface area contributed by atoms with E-state index in [1.165, 1.54) is 6.92 Å². The lowest BCUT2D eigenvalue weighted by molar-refractivity contribution is -0.114. The van der Waals surface area contributed by atoms with Gasteiger partial charge in [-0.25, -0.2) is 9.98 Å². The average molecular weight is 415 g/mol. The highest BCUT2D eigenvalue weighted by Gasteiger charge is 2.25. The van der Waals surface area contributed by atoms with Crippen molar-refractivity contribution >= 4 is 35.0 Å². The van der Waals surface area contributed by atoms with Gasteiger partial charge in [-0.05, 0) is 43.2 Å². The maximum absolute atomic E-state index is 11.2. The van der Waals surface area contributed by atoms with Gasteiger partial charge in [0.2, 0.25) is 5.91 Å². The zero-order valence-electron chi connectivity index (χ0n) is 16.8. The Morgan fingerprint density at radius 2 is 2.21 bits per heavy atom. The van der Waals surface area contributed by atoms with Gasteiger partial charge in [0.25, 0.3) is 0 Å². The van der Waals surface area contributed by atoms with Crippen LogP contribution in [0.4, 0.5) is 11.5 Å². The van der Waals surface area contributed by atoms with Crippen LogP contribution in [0.5, 0.6) is 0 Å². The number of guanidine groups is 1. The molecule has 1 amide bonds. The van der Waals surface area contributed by atoms with Crippen LogP contribution < -0.4 is 20.9 Å². The number of pyridine rings is 1. The SMILES string of the molecule is CCNC(=NCc1cccc(NC(C)=O)c1)NC1CCN(c2ncccc2Cl)C1. The molecule has 8 heteroatoms. The molecule has 0 spiro atoms. The van der Waals surface area contributed by atoms with Gasteiger partial charge in [-0.15, -0.1) is 0 Å². The second kappa shape index (κ2) is 10.1. The van der Waals surface area contributed by atoms with Gasteiger partial charge >= 0.3 is 0 Å². The zero-order valence-corrected chi connectivity index (χ0v) is 17.5. The lowest BCUT2D eigenvalue weighted by atomic mass is 10.2. The average Bonchev–Trinajstić information content (AvgIpc) is 3.15. The summed E-state index contributed by atoms with van der Waals surface area (Å²) in [5, 5.41) is 10.3. The van der Waals surface area contributed by atoms with E-state index in [-0.39, 0.29) is 11.9 Å². The number of amides is 1. The minimum Gasteiger partial charge on any atom is -0.357 e. The summed E-state index contributed by atoms with van der Waals surface area (Å²) in [6, 6.07) is 11.7. The summed E-state index contributed by atoms with van der Waals surface area (Å²) in [5.74, 6) is 1.52. The Balaban J connectivity index is 1.61. The molecule has 1 atom stereocenters. The first kappa shape index (κ1) is 20.9. The first-order valence-electron chi connectivity index (χ1n) is 9.82. The number of hydrogen-bond donors (Lipinski definition) is 3. The zero-order chi connectivity index (χ0) is 20.6. The third-order valence-corrected chi connectivity index (χ3v) is 4.87. The maximum Gasteiger partial charge on any atom is 0.221 e. The topological polar surface area (TPSA) is 81.6 Å². The molecule has 2 heterocycles. The van der Waals surface area contributed by atoms with Crippen LogP contribution >= 0.6 is 11.6 Å². The normalized spacial score (nSPS) is 16.6. The fourth-order valence-electron chi connectivity index (χ4n) is 3.31. The van der Waals surface area contributed by atoms with Gasteiger partial charge in [-0.3, -0.25) is 4.79 Å². The molecule has 1 aromatic carbocycles. The Labute approximate surface area is 176 Å². The summed E-state index contributed by atoms with van der Waals surface area (Å²) in [5.41, 5.74) is 1.81. The van der Waals surface area contributed by atoms with E-state index in [0.29, 0.717) is 11.6 Å². The Hall–Kier alpha value is -2.80. The minimum atomic E-state index is -0.0838. The van der Waals surface area contributed by atoms with E-state index in [2.05, 4.69) is 25.8 Å². The molecule has 0 saturated carbocycles. The number of anilines is 2. The van der Waals surface area contributed by atoms with Gasteiger partial charge in [0.05, 0.1) is 11.6 Å². The second-order valence-corrected chi connectivity index (χ2v) is 7.37. The summed E-state index contributed by atoms with van der Waals surface area (Å²) in [7, 11) is 0. The van der Waals surface area contributed by atoms with Crippen molar-refractivity contribution < 1.29 is 4.79 Å². The summed E-state index contributed by atoms with van der Waals surface area (Å²) in [4.78, 5) is 22.5. The van der Waals surface area contributed by atoms with Gasteiger partial charge in [0.1, 0.15) is 5.82 Å². The van der Waals surface area contributed by atoms with E-state index in [1.54, 1.807) is 6.20 Å². The van der Waals surface area contributed by atoms with Crippen LogP contribution in [0.15, 0.2) is 47.6 Å². The molecule has 1 unspecified atom stereocenters. The number of benzene rings is 1. The molecule has 1 aromatic heterocycles. The van der Waals surface area contributed by atoms with Crippen molar-refractivity contribution in [2.45, 2.75) is 32.9 Å². The number of nitrogens with one attached hydrogen (secondary N) is 3. The molecule has 0 bridgehead atoms. The molecule has 1 aliphatic rings. The Morgan fingerprint density at radius 1 is 1.34 bits per heavy atom. The highest BCUT2D eigenvalue weighted by Crippen LogP contribution is 2.25. The molecule has 1 fully saturated rings. The van der Waals surface area contributed by atoms with Crippen molar-refractivity contribution in [3.05, 3.63) is 53.2 Å². The standard InChI is InChI=1S/C21H27ClN6O/c1-3-23-21(25-13-16-6-4-7-17(12-16)26-15(2)29)27-18-9-11-28(14-18)20-19(22)8-5-10-24-20/h4-8,10,12,18H,3,9,11,13-14H2,1-2H3,(H,26,29)(H2,23,25,27). The number of aromatic nitrogens is 1. The molecular formula is C21H27ClN6O. The van der Waals surface area contributed by atoms with E-state index < -0.39 is 0 Å². The van der Waals surface area contributed by atoms with Crippen molar-refractivity contribution in [3.8, 4) is 0 Å². The number of nitrogens with zero attached hydrogens (tertiary/aromatic N) is 3. The van der Waals surface area contributed by atoms with Crippen molar-refractivity contribution in [1.82, 2.24) is 15.6 Å². The predicted molar refractivity (Wildman–Crippen MR) is 119 cm³/mol. The fourth-order valence-corrected chi connectivity index (χ4v) is 3.56. The van der Waals surface area contributed by atoms with E-state index in [1.807, 2.05) is 43.3 Å². The molecule has 7 nitrogen and oxygen atoms in total. The van der Waals surface area contributed by atoms with E-state index in [9.17, 15) is 4.79 Å². The number of aliphatic imine (C=N–C) groups is 1. The smallest absolute Gasteiger partial charge is 0.221 e. The van der Waals surface area contributed by atoms with E-state index in [4.69, 9.17) is 16.6 Å². The molecule has 1 aliphatic heterocycles. The third kappa shape index (κ3) is 6.09. The first-order chi connectivity index (χ1) is 14.0. The van der Waals surface area contributed by atoms with Crippen LogP contribution in [0.1, 0.15) is 25.8 Å². The van der Waals surface area contributed by atoms with Gasteiger partial charge in [0, 0.05) is 44.5 Å². The first-order valence-corrected chi connectivity index (χ1v) is 10.2. The van der Waals surface area contributed by atoms with Gasteiger partial charge < -0.3 is 20.9 Å². The van der Waals surface area contributed by atoms with Crippen LogP contribution in [0.25, 0.3) is 0 Å². The molecule has 3 N–H and O–H groups in total. The number of carbonyl (C=O) groups is 1. The largest absolute Gasteiger partial charge is 0.357 e. The van der Waals surface area contributed by atoms with Crippen LogP contribution in [0.3, 0.4) is 0 Å². The van der Waals surface area contributed by atoms with Crippen molar-refractivity contribution in [2.24, 2.45) is 4.99 Å². The van der Waals surface area contributed by atoms with Crippen LogP contribution in [0.2, 0.25) is 5.02 Å². The summed E-state index contributed by atoms with van der Waals surface area (Å²) < 4.78 is 0. The number of hydrogen-bond acceptors (Lipinski definition) is 4. The Kier molecular flexibility index (Phi) is 7.30. The molecule has 154 valence electrons. The molecule has 0 radical (unpaired) electrons. The van der Waals surface area contributed by atoms with Crippen LogP contribution in [-0.2, 0) is 11.3 Å².